The van der Waals surface area contributed by atoms with E-state index in [2.05, 4.69) is 0 Å². The van der Waals surface area contributed by atoms with Crippen molar-refractivity contribution in [3.8, 4) is 0 Å². The van der Waals surface area contributed by atoms with Crippen molar-refractivity contribution in [3.05, 3.63) is 34.6 Å². The molecular formula is C12H15ClFN. The molecule has 1 atom stereocenters. The summed E-state index contributed by atoms with van der Waals surface area (Å²) in [6.07, 6.45) is 4.81. The normalized spacial score (nSPS) is 19.4. The van der Waals surface area contributed by atoms with Crippen molar-refractivity contribution < 1.29 is 4.39 Å². The number of benzene rings is 1. The first-order valence-corrected chi connectivity index (χ1v) is 5.77. The molecule has 0 bridgehead atoms. The largest absolute Gasteiger partial charge is 0.324 e. The average Bonchev–Trinajstić information content (AvgIpc) is 2.74. The lowest BCUT2D eigenvalue weighted by atomic mass is 9.92. The minimum atomic E-state index is -0.373. The summed E-state index contributed by atoms with van der Waals surface area (Å²) in [4.78, 5) is 0. The molecule has 0 aromatic heterocycles. The van der Waals surface area contributed by atoms with Crippen molar-refractivity contribution in [3.63, 3.8) is 0 Å². The predicted molar refractivity (Wildman–Crippen MR) is 60.3 cm³/mol. The van der Waals surface area contributed by atoms with Gasteiger partial charge < -0.3 is 5.73 Å². The first-order chi connectivity index (χ1) is 7.18. The third-order valence-electron chi connectivity index (χ3n) is 3.24. The van der Waals surface area contributed by atoms with Gasteiger partial charge in [0.25, 0.3) is 0 Å². The van der Waals surface area contributed by atoms with Gasteiger partial charge in [-0.3, -0.25) is 0 Å². The number of halogens is 2. The van der Waals surface area contributed by atoms with E-state index in [9.17, 15) is 4.39 Å². The van der Waals surface area contributed by atoms with Crippen molar-refractivity contribution in [2.45, 2.75) is 31.7 Å². The average molecular weight is 228 g/mol. The predicted octanol–water partition coefficient (Wildman–Crippen LogP) is 3.67. The van der Waals surface area contributed by atoms with E-state index < -0.39 is 0 Å². The molecule has 3 heteroatoms. The molecule has 0 heterocycles. The Kier molecular flexibility index (Phi) is 3.27. The van der Waals surface area contributed by atoms with Crippen molar-refractivity contribution in [1.29, 1.82) is 0 Å². The zero-order chi connectivity index (χ0) is 10.8. The van der Waals surface area contributed by atoms with E-state index in [1.54, 1.807) is 6.07 Å². The molecule has 1 aromatic rings. The van der Waals surface area contributed by atoms with Crippen LogP contribution >= 0.6 is 11.6 Å². The third kappa shape index (κ3) is 2.32. The fourth-order valence-corrected chi connectivity index (χ4v) is 2.43. The van der Waals surface area contributed by atoms with Crippen LogP contribution in [0.3, 0.4) is 0 Å². The smallest absolute Gasteiger partial charge is 0.142 e. The minimum absolute atomic E-state index is 0.0423. The second-order valence-electron chi connectivity index (χ2n) is 4.24. The molecule has 0 amide bonds. The summed E-state index contributed by atoms with van der Waals surface area (Å²) in [5, 5.41) is 0.164. The first kappa shape index (κ1) is 10.9. The Hall–Kier alpha value is -0.600. The van der Waals surface area contributed by atoms with Gasteiger partial charge in [-0.15, -0.1) is 0 Å². The molecule has 1 saturated carbocycles. The molecule has 1 aliphatic carbocycles. The van der Waals surface area contributed by atoms with E-state index in [1.165, 1.54) is 18.9 Å². The highest BCUT2D eigenvalue weighted by Crippen LogP contribution is 2.34. The molecule has 0 spiro atoms. The van der Waals surface area contributed by atoms with Crippen LogP contribution in [0.15, 0.2) is 18.2 Å². The molecule has 1 fully saturated rings. The molecular weight excluding hydrogens is 213 g/mol. The lowest BCUT2D eigenvalue weighted by Gasteiger charge is -2.19. The SMILES string of the molecule is N[C@H](c1ccc(Cl)c(F)c1)C1CCCC1. The van der Waals surface area contributed by atoms with Gasteiger partial charge in [0.05, 0.1) is 5.02 Å². The number of nitrogens with two attached hydrogens (primary N) is 1. The zero-order valence-corrected chi connectivity index (χ0v) is 9.30. The Morgan fingerprint density at radius 2 is 2.00 bits per heavy atom. The molecule has 1 aromatic carbocycles. The Morgan fingerprint density at radius 3 is 2.60 bits per heavy atom. The lowest BCUT2D eigenvalue weighted by molar-refractivity contribution is 0.443. The summed E-state index contributed by atoms with van der Waals surface area (Å²) >= 11 is 5.63. The van der Waals surface area contributed by atoms with Gasteiger partial charge in [-0.25, -0.2) is 4.39 Å². The van der Waals surface area contributed by atoms with Gasteiger partial charge in [-0.1, -0.05) is 30.5 Å². The summed E-state index contributed by atoms with van der Waals surface area (Å²) in [6, 6.07) is 4.83. The topological polar surface area (TPSA) is 26.0 Å². The molecule has 0 aliphatic heterocycles. The van der Waals surface area contributed by atoms with Crippen LogP contribution in [-0.2, 0) is 0 Å². The third-order valence-corrected chi connectivity index (χ3v) is 3.54. The molecule has 2 N–H and O–H groups in total. The summed E-state index contributed by atoms with van der Waals surface area (Å²) in [5.41, 5.74) is 6.97. The van der Waals surface area contributed by atoms with Gasteiger partial charge in [0.2, 0.25) is 0 Å². The highest BCUT2D eigenvalue weighted by Gasteiger charge is 2.23. The maximum absolute atomic E-state index is 13.2. The lowest BCUT2D eigenvalue weighted by Crippen LogP contribution is -2.19. The summed E-state index contributed by atoms with van der Waals surface area (Å²) in [5.74, 6) is 0.133. The molecule has 2 rings (SSSR count). The quantitative estimate of drug-likeness (QED) is 0.820. The standard InChI is InChI=1S/C12H15ClFN/c13-10-6-5-9(7-11(10)14)12(15)8-3-1-2-4-8/h5-8,12H,1-4,15H2/t12-/m0/s1. The van der Waals surface area contributed by atoms with E-state index >= 15 is 0 Å². The molecule has 0 saturated heterocycles. The van der Waals surface area contributed by atoms with Crippen LogP contribution in [0.1, 0.15) is 37.3 Å². The van der Waals surface area contributed by atoms with Gasteiger partial charge in [-0.05, 0) is 36.5 Å². The Labute approximate surface area is 94.4 Å². The fraction of sp³-hybridized carbons (Fsp3) is 0.500. The second-order valence-corrected chi connectivity index (χ2v) is 4.65. The molecule has 15 heavy (non-hydrogen) atoms. The van der Waals surface area contributed by atoms with Crippen LogP contribution in [0.4, 0.5) is 4.39 Å². The van der Waals surface area contributed by atoms with Crippen molar-refractivity contribution in [1.82, 2.24) is 0 Å². The molecule has 0 unspecified atom stereocenters. The van der Waals surface area contributed by atoms with Gasteiger partial charge in [0.15, 0.2) is 0 Å². The summed E-state index contributed by atoms with van der Waals surface area (Å²) < 4.78 is 13.2. The summed E-state index contributed by atoms with van der Waals surface area (Å²) in [6.45, 7) is 0. The summed E-state index contributed by atoms with van der Waals surface area (Å²) in [7, 11) is 0. The van der Waals surface area contributed by atoms with E-state index in [0.29, 0.717) is 5.92 Å². The van der Waals surface area contributed by atoms with Crippen molar-refractivity contribution in [2.75, 3.05) is 0 Å². The van der Waals surface area contributed by atoms with E-state index in [4.69, 9.17) is 17.3 Å². The van der Waals surface area contributed by atoms with Crippen LogP contribution in [0.5, 0.6) is 0 Å². The van der Waals surface area contributed by atoms with Gasteiger partial charge in [0.1, 0.15) is 5.82 Å². The first-order valence-electron chi connectivity index (χ1n) is 5.39. The van der Waals surface area contributed by atoms with Gasteiger partial charge in [-0.2, -0.15) is 0 Å². The Bertz CT molecular complexity index is 347. The monoisotopic (exact) mass is 227 g/mol. The number of hydrogen-bond donors (Lipinski definition) is 1. The number of hydrogen-bond acceptors (Lipinski definition) is 1. The molecule has 1 nitrogen and oxygen atoms in total. The highest BCUT2D eigenvalue weighted by molar-refractivity contribution is 6.30. The van der Waals surface area contributed by atoms with Crippen molar-refractivity contribution in [2.24, 2.45) is 11.7 Å². The van der Waals surface area contributed by atoms with Crippen molar-refractivity contribution >= 4 is 11.6 Å². The van der Waals surface area contributed by atoms with E-state index in [0.717, 1.165) is 18.4 Å². The Morgan fingerprint density at radius 1 is 1.33 bits per heavy atom. The molecule has 1 aliphatic rings. The minimum Gasteiger partial charge on any atom is -0.324 e. The maximum atomic E-state index is 13.2. The van der Waals surface area contributed by atoms with Gasteiger partial charge in [0, 0.05) is 6.04 Å². The van der Waals surface area contributed by atoms with Crippen LogP contribution in [0, 0.1) is 11.7 Å². The van der Waals surface area contributed by atoms with E-state index in [-0.39, 0.29) is 16.9 Å². The van der Waals surface area contributed by atoms with Crippen LogP contribution in [0.2, 0.25) is 5.02 Å². The number of rotatable bonds is 2. The fourth-order valence-electron chi connectivity index (χ4n) is 2.31. The molecule has 0 radical (unpaired) electrons. The van der Waals surface area contributed by atoms with Crippen LogP contribution < -0.4 is 5.73 Å². The van der Waals surface area contributed by atoms with Gasteiger partial charge >= 0.3 is 0 Å². The van der Waals surface area contributed by atoms with E-state index in [1.807, 2.05) is 6.07 Å². The maximum Gasteiger partial charge on any atom is 0.142 e. The zero-order valence-electron chi connectivity index (χ0n) is 8.55. The van der Waals surface area contributed by atoms with Crippen LogP contribution in [-0.4, -0.2) is 0 Å². The highest BCUT2D eigenvalue weighted by atomic mass is 35.5. The van der Waals surface area contributed by atoms with Crippen LogP contribution in [0.25, 0.3) is 0 Å². The Balaban J connectivity index is 2.17. The molecule has 82 valence electrons. The second kappa shape index (κ2) is 4.50.